The monoisotopic (exact) mass is 383 g/mol. The Kier molecular flexibility index (Phi) is 4.22. The van der Waals surface area contributed by atoms with Crippen LogP contribution in [0.25, 0.3) is 10.9 Å². The topological polar surface area (TPSA) is 31.2 Å². The molecule has 2 aromatic rings. The highest BCUT2D eigenvalue weighted by Gasteiger charge is 2.21. The van der Waals surface area contributed by atoms with Crippen molar-refractivity contribution in [1.29, 1.82) is 0 Å². The average molecular weight is 383 g/mol. The summed E-state index contributed by atoms with van der Waals surface area (Å²) in [6.07, 6.45) is 4.04. The van der Waals surface area contributed by atoms with Gasteiger partial charge in [-0.1, -0.05) is 24.3 Å². The van der Waals surface area contributed by atoms with Gasteiger partial charge in [-0.2, -0.15) is 0 Å². The number of allylic oxidation sites excluding steroid dienone is 1. The number of carbonyl (C=O) groups excluding carboxylic acids is 1. The maximum Gasteiger partial charge on any atom is 0.419 e. The van der Waals surface area contributed by atoms with E-state index < -0.39 is 5.60 Å². The van der Waals surface area contributed by atoms with Gasteiger partial charge in [0.15, 0.2) is 0 Å². The molecule has 0 atom stereocenters. The number of hydrogen-bond donors (Lipinski definition) is 0. The SMILES string of the molecule is C=CCc1cccc2c(I)cn(C(=O)OC(C)(C)C)c12. The first kappa shape index (κ1) is 15.1. The second-order valence-electron chi connectivity index (χ2n) is 5.63. The van der Waals surface area contributed by atoms with E-state index in [2.05, 4.69) is 29.2 Å². The van der Waals surface area contributed by atoms with Crippen LogP contribution in [-0.2, 0) is 11.2 Å². The Morgan fingerprint density at radius 3 is 2.75 bits per heavy atom. The number of benzene rings is 1. The van der Waals surface area contributed by atoms with Gasteiger partial charge in [-0.25, -0.2) is 4.79 Å². The lowest BCUT2D eigenvalue weighted by molar-refractivity contribution is 0.0544. The van der Waals surface area contributed by atoms with E-state index in [4.69, 9.17) is 4.74 Å². The molecule has 106 valence electrons. The van der Waals surface area contributed by atoms with E-state index >= 15 is 0 Å². The Morgan fingerprint density at radius 1 is 1.45 bits per heavy atom. The van der Waals surface area contributed by atoms with Gasteiger partial charge in [0.05, 0.1) is 5.52 Å². The van der Waals surface area contributed by atoms with Crippen LogP contribution >= 0.6 is 22.6 Å². The van der Waals surface area contributed by atoms with E-state index in [1.54, 1.807) is 4.57 Å². The summed E-state index contributed by atoms with van der Waals surface area (Å²) in [5.74, 6) is 0. The Hall–Kier alpha value is -1.30. The number of aromatic nitrogens is 1. The van der Waals surface area contributed by atoms with Crippen LogP contribution in [0.15, 0.2) is 37.1 Å². The summed E-state index contributed by atoms with van der Waals surface area (Å²) in [6, 6.07) is 6.04. The van der Waals surface area contributed by atoms with Crippen LogP contribution in [0.1, 0.15) is 26.3 Å². The van der Waals surface area contributed by atoms with Gasteiger partial charge < -0.3 is 4.74 Å². The highest BCUT2D eigenvalue weighted by molar-refractivity contribution is 14.1. The molecule has 0 aliphatic heterocycles. The van der Waals surface area contributed by atoms with Crippen molar-refractivity contribution in [3.63, 3.8) is 0 Å². The fraction of sp³-hybridized carbons (Fsp3) is 0.312. The van der Waals surface area contributed by atoms with Crippen LogP contribution < -0.4 is 0 Å². The van der Waals surface area contributed by atoms with Crippen LogP contribution in [0.3, 0.4) is 0 Å². The minimum absolute atomic E-state index is 0.345. The van der Waals surface area contributed by atoms with E-state index in [0.717, 1.165) is 26.5 Å². The summed E-state index contributed by atoms with van der Waals surface area (Å²) in [5.41, 5.74) is 1.48. The van der Waals surface area contributed by atoms with E-state index in [-0.39, 0.29) is 6.09 Å². The van der Waals surface area contributed by atoms with Crippen LogP contribution in [0.2, 0.25) is 0 Å². The largest absolute Gasteiger partial charge is 0.443 e. The zero-order valence-corrected chi connectivity index (χ0v) is 14.1. The third-order valence-electron chi connectivity index (χ3n) is 2.81. The molecule has 1 aromatic carbocycles. The number of rotatable bonds is 2. The number of fused-ring (bicyclic) bond motifs is 1. The Labute approximate surface area is 132 Å². The molecule has 0 amide bonds. The number of ether oxygens (including phenoxy) is 1. The Balaban J connectivity index is 2.58. The molecule has 1 heterocycles. The molecule has 0 radical (unpaired) electrons. The van der Waals surface area contributed by atoms with Gasteiger partial charge in [0.2, 0.25) is 0 Å². The van der Waals surface area contributed by atoms with Gasteiger partial charge in [0.25, 0.3) is 0 Å². The number of nitrogens with zero attached hydrogens (tertiary/aromatic N) is 1. The predicted molar refractivity (Wildman–Crippen MR) is 90.2 cm³/mol. The molecule has 1 aromatic heterocycles. The first-order valence-corrected chi connectivity index (χ1v) is 7.54. The van der Waals surface area contributed by atoms with Crippen LogP contribution in [0.4, 0.5) is 4.79 Å². The normalized spacial score (nSPS) is 11.6. The van der Waals surface area contributed by atoms with E-state index in [9.17, 15) is 4.79 Å². The van der Waals surface area contributed by atoms with Gasteiger partial charge in [-0.15, -0.1) is 6.58 Å². The zero-order valence-electron chi connectivity index (χ0n) is 11.9. The molecular weight excluding hydrogens is 365 g/mol. The van der Waals surface area contributed by atoms with Crippen molar-refractivity contribution >= 4 is 39.6 Å². The van der Waals surface area contributed by atoms with E-state index in [1.807, 2.05) is 51.2 Å². The summed E-state index contributed by atoms with van der Waals surface area (Å²) in [7, 11) is 0. The third kappa shape index (κ3) is 3.06. The van der Waals surface area contributed by atoms with Crippen LogP contribution in [0.5, 0.6) is 0 Å². The van der Waals surface area contributed by atoms with Crippen molar-refractivity contribution in [2.45, 2.75) is 32.8 Å². The van der Waals surface area contributed by atoms with Crippen molar-refractivity contribution in [3.8, 4) is 0 Å². The minimum Gasteiger partial charge on any atom is -0.443 e. The molecule has 0 saturated heterocycles. The van der Waals surface area contributed by atoms with Gasteiger partial charge >= 0.3 is 6.09 Å². The fourth-order valence-electron chi connectivity index (χ4n) is 2.09. The van der Waals surface area contributed by atoms with E-state index in [1.165, 1.54) is 0 Å². The molecule has 3 nitrogen and oxygen atoms in total. The minimum atomic E-state index is -0.507. The smallest absolute Gasteiger partial charge is 0.419 e. The summed E-state index contributed by atoms with van der Waals surface area (Å²) >= 11 is 2.24. The molecule has 0 spiro atoms. The average Bonchev–Trinajstić information content (AvgIpc) is 2.67. The van der Waals surface area contributed by atoms with Crippen molar-refractivity contribution in [3.05, 3.63) is 46.2 Å². The van der Waals surface area contributed by atoms with Crippen LogP contribution in [-0.4, -0.2) is 16.3 Å². The van der Waals surface area contributed by atoms with Crippen molar-refractivity contribution in [2.75, 3.05) is 0 Å². The lowest BCUT2D eigenvalue weighted by atomic mass is 10.1. The van der Waals surface area contributed by atoms with Crippen LogP contribution in [0, 0.1) is 3.57 Å². The highest BCUT2D eigenvalue weighted by atomic mass is 127. The number of para-hydroxylation sites is 1. The molecular formula is C16H18INO2. The lowest BCUT2D eigenvalue weighted by Crippen LogP contribution is -2.26. The molecule has 0 fully saturated rings. The maximum absolute atomic E-state index is 12.4. The fourth-order valence-corrected chi connectivity index (χ4v) is 2.81. The highest BCUT2D eigenvalue weighted by Crippen LogP contribution is 2.27. The molecule has 4 heteroatoms. The molecule has 2 rings (SSSR count). The lowest BCUT2D eigenvalue weighted by Gasteiger charge is -2.20. The first-order valence-electron chi connectivity index (χ1n) is 6.46. The van der Waals surface area contributed by atoms with Gasteiger partial charge in [0.1, 0.15) is 5.60 Å². The summed E-state index contributed by atoms with van der Waals surface area (Å²) in [6.45, 7) is 9.38. The van der Waals surface area contributed by atoms with Crippen molar-refractivity contribution in [2.24, 2.45) is 0 Å². The molecule has 0 bridgehead atoms. The summed E-state index contributed by atoms with van der Waals surface area (Å²) < 4.78 is 8.11. The second kappa shape index (κ2) is 5.60. The van der Waals surface area contributed by atoms with Crippen molar-refractivity contribution < 1.29 is 9.53 Å². The predicted octanol–water partition coefficient (Wildman–Crippen LogP) is 4.76. The van der Waals surface area contributed by atoms with Gasteiger partial charge in [-0.05, 0) is 55.3 Å². The Bertz CT molecular complexity index is 665. The standard InChI is InChI=1S/C16H18INO2/c1-5-7-11-8-6-9-12-13(17)10-18(14(11)12)15(19)20-16(2,3)4/h5-6,8-10H,1,7H2,2-4H3. The van der Waals surface area contributed by atoms with Gasteiger partial charge in [-0.3, -0.25) is 4.57 Å². The molecule has 0 N–H and O–H groups in total. The number of hydrogen-bond acceptors (Lipinski definition) is 2. The Morgan fingerprint density at radius 2 is 2.15 bits per heavy atom. The summed E-state index contributed by atoms with van der Waals surface area (Å²) in [5, 5.41) is 1.07. The number of halogens is 1. The number of carbonyl (C=O) groups is 1. The van der Waals surface area contributed by atoms with Gasteiger partial charge in [0, 0.05) is 15.2 Å². The van der Waals surface area contributed by atoms with E-state index in [0.29, 0.717) is 0 Å². The summed E-state index contributed by atoms with van der Waals surface area (Å²) in [4.78, 5) is 12.4. The maximum atomic E-state index is 12.4. The molecule has 0 saturated carbocycles. The quantitative estimate of drug-likeness (QED) is 0.553. The molecule has 0 aliphatic rings. The molecule has 0 unspecified atom stereocenters. The first-order chi connectivity index (χ1) is 9.33. The third-order valence-corrected chi connectivity index (χ3v) is 3.67. The zero-order chi connectivity index (χ0) is 14.9. The molecule has 0 aliphatic carbocycles. The molecule has 20 heavy (non-hydrogen) atoms. The second-order valence-corrected chi connectivity index (χ2v) is 6.80. The van der Waals surface area contributed by atoms with Crippen molar-refractivity contribution in [1.82, 2.24) is 4.57 Å².